The Labute approximate surface area is 163 Å². The molecule has 0 unspecified atom stereocenters. The first kappa shape index (κ1) is 19.5. The van der Waals surface area contributed by atoms with Gasteiger partial charge >= 0.3 is 5.82 Å². The van der Waals surface area contributed by atoms with Crippen molar-refractivity contribution in [1.82, 2.24) is 9.78 Å². The van der Waals surface area contributed by atoms with Crippen molar-refractivity contribution >= 4 is 0 Å². The number of nitrogens with zero attached hydrogens (tertiary/aromatic N) is 3. The molecular weight excluding hydrogens is 393 g/mol. The van der Waals surface area contributed by atoms with Gasteiger partial charge in [0.2, 0.25) is 41.1 Å². The monoisotopic (exact) mass is 410 g/mol. The topological polar surface area (TPSA) is 30.9 Å². The van der Waals surface area contributed by atoms with Crippen LogP contribution in [0.25, 0.3) is 5.69 Å². The Balaban J connectivity index is 1.83. The third kappa shape index (κ3) is 3.19. The predicted octanol–water partition coefficient (Wildman–Crippen LogP) is 3.95. The van der Waals surface area contributed by atoms with Gasteiger partial charge in [0, 0.05) is 11.5 Å². The van der Waals surface area contributed by atoms with Crippen LogP contribution in [0.15, 0.2) is 36.7 Å². The molecule has 0 bridgehead atoms. The molecule has 0 spiro atoms. The molecule has 3 aromatic rings. The van der Waals surface area contributed by atoms with Gasteiger partial charge in [-0.15, -0.1) is 0 Å². The van der Waals surface area contributed by atoms with E-state index in [2.05, 4.69) is 5.10 Å². The fourth-order valence-corrected chi connectivity index (χ4v) is 3.52. The van der Waals surface area contributed by atoms with Crippen LogP contribution >= 0.6 is 0 Å². The molecule has 0 saturated heterocycles. The van der Waals surface area contributed by atoms with Crippen molar-refractivity contribution in [3.63, 3.8) is 0 Å². The van der Waals surface area contributed by atoms with Gasteiger partial charge in [-0.05, 0) is 19.4 Å². The number of hydrogen-bond acceptors (Lipinski definition) is 2. The van der Waals surface area contributed by atoms with E-state index in [0.29, 0.717) is 16.9 Å². The minimum absolute atomic E-state index is 0.0285. The van der Waals surface area contributed by atoms with Gasteiger partial charge < -0.3 is 4.74 Å². The summed E-state index contributed by atoms with van der Waals surface area (Å²) in [4.78, 5) is 0. The minimum atomic E-state index is -2.21. The largest absolute Gasteiger partial charge is 0.361 e. The summed E-state index contributed by atoms with van der Waals surface area (Å²) in [5.74, 6) is -9.82. The summed E-state index contributed by atoms with van der Waals surface area (Å²) in [6.45, 7) is 3.76. The summed E-state index contributed by atoms with van der Waals surface area (Å²) >= 11 is 0. The lowest BCUT2D eigenvalue weighted by atomic mass is 9.91. The molecule has 4 rings (SSSR count). The van der Waals surface area contributed by atoms with Crippen LogP contribution < -0.4 is 4.57 Å². The van der Waals surface area contributed by atoms with E-state index in [1.165, 1.54) is 6.33 Å². The molecule has 1 aliphatic rings. The van der Waals surface area contributed by atoms with Crippen LogP contribution in [0.1, 0.15) is 31.3 Å². The lowest BCUT2D eigenvalue weighted by molar-refractivity contribution is -0.757. The summed E-state index contributed by atoms with van der Waals surface area (Å²) in [7, 11) is 0. The van der Waals surface area contributed by atoms with Gasteiger partial charge in [-0.1, -0.05) is 35.0 Å². The number of fused-ring (bicyclic) bond motifs is 1. The molecule has 0 N–H and O–H groups in total. The highest BCUT2D eigenvalue weighted by molar-refractivity contribution is 5.36. The summed E-state index contributed by atoms with van der Waals surface area (Å²) in [6.07, 6.45) is 1.76. The third-order valence-electron chi connectivity index (χ3n) is 5.15. The molecule has 2 aromatic carbocycles. The molecule has 2 heterocycles. The van der Waals surface area contributed by atoms with Gasteiger partial charge in [-0.25, -0.2) is 17.7 Å². The van der Waals surface area contributed by atoms with Crippen molar-refractivity contribution in [1.29, 1.82) is 0 Å². The van der Waals surface area contributed by atoms with E-state index in [4.69, 9.17) is 4.74 Å². The molecule has 4 nitrogen and oxygen atoms in total. The Bertz CT molecular complexity index is 1050. The quantitative estimate of drug-likeness (QED) is 0.283. The smallest absolute Gasteiger partial charge is 0.304 e. The van der Waals surface area contributed by atoms with Crippen LogP contribution in [-0.4, -0.2) is 15.4 Å². The Kier molecular flexibility index (Phi) is 4.65. The molecule has 0 saturated carbocycles. The minimum Gasteiger partial charge on any atom is -0.361 e. The zero-order valence-electron chi connectivity index (χ0n) is 15.6. The highest BCUT2D eigenvalue weighted by Gasteiger charge is 2.43. The highest BCUT2D eigenvalue weighted by Crippen LogP contribution is 2.31. The summed E-state index contributed by atoms with van der Waals surface area (Å²) in [6, 6.07) is 9.19. The van der Waals surface area contributed by atoms with Crippen LogP contribution in [0.5, 0.6) is 0 Å². The molecule has 1 atom stereocenters. The summed E-state index contributed by atoms with van der Waals surface area (Å²) < 4.78 is 77.3. The zero-order chi connectivity index (χ0) is 20.9. The average molecular weight is 410 g/mol. The normalized spacial score (nSPS) is 18.0. The maximum Gasteiger partial charge on any atom is 0.304 e. The Morgan fingerprint density at radius 1 is 1.00 bits per heavy atom. The fourth-order valence-electron chi connectivity index (χ4n) is 3.52. The van der Waals surface area contributed by atoms with Gasteiger partial charge in [-0.2, -0.15) is 8.78 Å². The van der Waals surface area contributed by atoms with Crippen LogP contribution in [0.2, 0.25) is 0 Å². The summed E-state index contributed by atoms with van der Waals surface area (Å²) in [5, 5.41) is 4.03. The van der Waals surface area contributed by atoms with Gasteiger partial charge in [0.05, 0.1) is 5.60 Å². The number of aromatic nitrogens is 3. The SMILES string of the molecule is CC1(C)OCc2nn(-c3c(F)c(F)c(F)c(F)c3F)c[n+]2[C@H]1Cc1ccccc1. The van der Waals surface area contributed by atoms with Gasteiger partial charge in [0.25, 0.3) is 0 Å². The molecular formula is C20H17F5N3O+. The van der Waals surface area contributed by atoms with Crippen molar-refractivity contribution in [2.75, 3.05) is 0 Å². The molecule has 152 valence electrons. The van der Waals surface area contributed by atoms with E-state index in [-0.39, 0.29) is 12.6 Å². The number of rotatable bonds is 3. The van der Waals surface area contributed by atoms with Crippen LogP contribution in [-0.2, 0) is 17.8 Å². The predicted molar refractivity (Wildman–Crippen MR) is 91.6 cm³/mol. The Morgan fingerprint density at radius 3 is 2.21 bits per heavy atom. The van der Waals surface area contributed by atoms with E-state index in [1.807, 2.05) is 44.2 Å². The third-order valence-corrected chi connectivity index (χ3v) is 5.15. The molecule has 1 aliphatic heterocycles. The van der Waals surface area contributed by atoms with Crippen LogP contribution in [0.4, 0.5) is 22.0 Å². The molecule has 1 aromatic heterocycles. The maximum atomic E-state index is 14.2. The van der Waals surface area contributed by atoms with Crippen molar-refractivity contribution in [3.05, 3.63) is 77.1 Å². The van der Waals surface area contributed by atoms with Gasteiger partial charge in [0.15, 0.2) is 0 Å². The van der Waals surface area contributed by atoms with Gasteiger partial charge in [-0.3, -0.25) is 0 Å². The van der Waals surface area contributed by atoms with E-state index >= 15 is 0 Å². The van der Waals surface area contributed by atoms with Crippen molar-refractivity contribution < 1.29 is 31.3 Å². The van der Waals surface area contributed by atoms with Crippen LogP contribution in [0.3, 0.4) is 0 Å². The number of hydrogen-bond donors (Lipinski definition) is 0. The second kappa shape index (κ2) is 6.91. The molecule has 0 fully saturated rings. The first-order valence-corrected chi connectivity index (χ1v) is 8.90. The Hall–Kier alpha value is -2.81. The maximum absolute atomic E-state index is 14.2. The van der Waals surface area contributed by atoms with E-state index in [0.717, 1.165) is 5.56 Å². The molecule has 0 amide bonds. The van der Waals surface area contributed by atoms with E-state index < -0.39 is 40.4 Å². The second-order valence-electron chi connectivity index (χ2n) is 7.40. The van der Waals surface area contributed by atoms with Crippen molar-refractivity contribution in [2.24, 2.45) is 0 Å². The van der Waals surface area contributed by atoms with Crippen LogP contribution in [0, 0.1) is 29.1 Å². The lowest BCUT2D eigenvalue weighted by Crippen LogP contribution is -2.57. The van der Waals surface area contributed by atoms with E-state index in [9.17, 15) is 22.0 Å². The number of benzene rings is 2. The van der Waals surface area contributed by atoms with Crippen molar-refractivity contribution in [3.8, 4) is 5.69 Å². The lowest BCUT2D eigenvalue weighted by Gasteiger charge is -2.36. The molecule has 0 radical (unpaired) electrons. The first-order chi connectivity index (χ1) is 13.7. The fraction of sp³-hybridized carbons (Fsp3) is 0.300. The van der Waals surface area contributed by atoms with E-state index in [1.54, 1.807) is 4.57 Å². The number of ether oxygens (including phenoxy) is 1. The average Bonchev–Trinajstić information content (AvgIpc) is 3.12. The number of halogens is 5. The first-order valence-electron chi connectivity index (χ1n) is 8.90. The highest BCUT2D eigenvalue weighted by atomic mass is 19.2. The van der Waals surface area contributed by atoms with Crippen molar-refractivity contribution in [2.45, 2.75) is 38.5 Å². The van der Waals surface area contributed by atoms with Gasteiger partial charge in [0.1, 0.15) is 12.6 Å². The molecule has 0 aliphatic carbocycles. The standard InChI is InChI=1S/C20H17F5N3O/c1-20(2)12(8-11-6-4-3-5-7-11)27-10-28(26-13(27)9-29-20)19-17(24)15(22)14(21)16(23)18(19)25/h3-7,10,12H,8-9H2,1-2H3/q+1/t12-/m0/s1. The second-order valence-corrected chi connectivity index (χ2v) is 7.40. The molecule has 29 heavy (non-hydrogen) atoms. The Morgan fingerprint density at radius 2 is 1.59 bits per heavy atom. The zero-order valence-corrected chi connectivity index (χ0v) is 15.6. The molecule has 9 heteroatoms. The summed E-state index contributed by atoms with van der Waals surface area (Å²) in [5.41, 5.74) is -0.782.